The molecule has 35 heavy (non-hydrogen) atoms. The molecule has 3 N–H and O–H groups in total. The van der Waals surface area contributed by atoms with E-state index in [0.717, 1.165) is 5.56 Å². The van der Waals surface area contributed by atoms with E-state index in [4.69, 9.17) is 9.47 Å². The second-order valence-corrected chi connectivity index (χ2v) is 7.41. The Hall–Kier alpha value is -4.66. The summed E-state index contributed by atoms with van der Waals surface area (Å²) in [5.74, 6) is -0.539. The summed E-state index contributed by atoms with van der Waals surface area (Å²) in [7, 11) is 0. The molecule has 0 saturated carbocycles. The lowest BCUT2D eigenvalue weighted by Gasteiger charge is -2.09. The van der Waals surface area contributed by atoms with Crippen molar-refractivity contribution in [1.29, 1.82) is 0 Å². The Labute approximate surface area is 202 Å². The summed E-state index contributed by atoms with van der Waals surface area (Å²) in [5, 5.41) is 8.25. The van der Waals surface area contributed by atoms with E-state index in [1.165, 1.54) is 19.1 Å². The normalized spacial score (nSPS) is 10.1. The minimum absolute atomic E-state index is 0.209. The standard InChI is InChI=1S/C26H25N3O6/c1-3-34-26(33)35-23-13-9-19(10-14-23)24(31)27-16-18-7-11-21(12-8-18)29-25(32)20-5-4-6-22(15-20)28-17(2)30/h4-15H,3,16H2,1-2H3,(H,27,31)(H,28,30)(H,29,32). The number of hydrogen-bond acceptors (Lipinski definition) is 6. The molecular formula is C26H25N3O6. The molecular weight excluding hydrogens is 450 g/mol. The zero-order valence-corrected chi connectivity index (χ0v) is 19.3. The Morgan fingerprint density at radius 3 is 2.14 bits per heavy atom. The molecule has 0 fully saturated rings. The number of benzene rings is 3. The van der Waals surface area contributed by atoms with Gasteiger partial charge in [-0.25, -0.2) is 4.79 Å². The Balaban J connectivity index is 1.51. The number of ether oxygens (including phenoxy) is 2. The van der Waals surface area contributed by atoms with Gasteiger partial charge in [0, 0.05) is 36.0 Å². The predicted molar refractivity (Wildman–Crippen MR) is 130 cm³/mol. The van der Waals surface area contributed by atoms with Gasteiger partial charge in [-0.1, -0.05) is 18.2 Å². The molecule has 0 aromatic heterocycles. The lowest BCUT2D eigenvalue weighted by Crippen LogP contribution is -2.22. The first-order chi connectivity index (χ1) is 16.8. The van der Waals surface area contributed by atoms with Crippen LogP contribution < -0.4 is 20.7 Å². The van der Waals surface area contributed by atoms with E-state index >= 15 is 0 Å². The fraction of sp³-hybridized carbons (Fsp3) is 0.154. The topological polar surface area (TPSA) is 123 Å². The number of carbonyl (C=O) groups excluding carboxylic acids is 4. The van der Waals surface area contributed by atoms with Gasteiger partial charge >= 0.3 is 6.16 Å². The quantitative estimate of drug-likeness (QED) is 0.329. The zero-order chi connectivity index (χ0) is 25.2. The number of amides is 3. The van der Waals surface area contributed by atoms with Gasteiger partial charge in [0.25, 0.3) is 11.8 Å². The van der Waals surface area contributed by atoms with Crippen molar-refractivity contribution in [1.82, 2.24) is 5.32 Å². The Morgan fingerprint density at radius 1 is 0.771 bits per heavy atom. The predicted octanol–water partition coefficient (Wildman–Crippen LogP) is 4.36. The molecule has 0 unspecified atom stereocenters. The van der Waals surface area contributed by atoms with Gasteiger partial charge in [0.15, 0.2) is 0 Å². The summed E-state index contributed by atoms with van der Waals surface area (Å²) in [5.41, 5.74) is 2.79. The van der Waals surface area contributed by atoms with Gasteiger partial charge in [-0.15, -0.1) is 0 Å². The van der Waals surface area contributed by atoms with Crippen molar-refractivity contribution < 1.29 is 28.7 Å². The number of carbonyl (C=O) groups is 4. The van der Waals surface area contributed by atoms with Crippen molar-refractivity contribution in [3.8, 4) is 5.75 Å². The largest absolute Gasteiger partial charge is 0.513 e. The van der Waals surface area contributed by atoms with Crippen LogP contribution in [0.5, 0.6) is 5.75 Å². The molecule has 0 spiro atoms. The lowest BCUT2D eigenvalue weighted by molar-refractivity contribution is -0.114. The minimum Gasteiger partial charge on any atom is -0.434 e. The van der Waals surface area contributed by atoms with Gasteiger partial charge < -0.3 is 25.4 Å². The van der Waals surface area contributed by atoms with Crippen LogP contribution in [0.2, 0.25) is 0 Å². The van der Waals surface area contributed by atoms with Crippen molar-refractivity contribution in [2.75, 3.05) is 17.2 Å². The smallest absolute Gasteiger partial charge is 0.434 e. The molecule has 3 aromatic carbocycles. The van der Waals surface area contributed by atoms with E-state index in [9.17, 15) is 19.2 Å². The van der Waals surface area contributed by atoms with Gasteiger partial charge in [0.05, 0.1) is 6.61 Å². The minimum atomic E-state index is -0.803. The van der Waals surface area contributed by atoms with Crippen LogP contribution in [0, 0.1) is 0 Å². The maximum Gasteiger partial charge on any atom is 0.513 e. The van der Waals surface area contributed by atoms with Crippen LogP contribution in [0.4, 0.5) is 16.2 Å². The highest BCUT2D eigenvalue weighted by atomic mass is 16.7. The second kappa shape index (κ2) is 12.0. The number of rotatable bonds is 8. The number of anilines is 2. The molecule has 0 aliphatic heterocycles. The highest BCUT2D eigenvalue weighted by Gasteiger charge is 2.10. The highest BCUT2D eigenvalue weighted by molar-refractivity contribution is 6.05. The molecule has 9 heteroatoms. The molecule has 0 heterocycles. The molecule has 0 aliphatic rings. The van der Waals surface area contributed by atoms with E-state index in [1.54, 1.807) is 67.6 Å². The summed E-state index contributed by atoms with van der Waals surface area (Å²) < 4.78 is 9.67. The van der Waals surface area contributed by atoms with Crippen molar-refractivity contribution in [3.05, 3.63) is 89.5 Å². The fourth-order valence-electron chi connectivity index (χ4n) is 3.05. The van der Waals surface area contributed by atoms with Crippen molar-refractivity contribution >= 4 is 35.3 Å². The van der Waals surface area contributed by atoms with Gasteiger partial charge in [-0.3, -0.25) is 14.4 Å². The third-order valence-corrected chi connectivity index (χ3v) is 4.69. The van der Waals surface area contributed by atoms with E-state index in [1.807, 2.05) is 0 Å². The second-order valence-electron chi connectivity index (χ2n) is 7.41. The Bertz CT molecular complexity index is 1210. The van der Waals surface area contributed by atoms with Crippen LogP contribution >= 0.6 is 0 Å². The molecule has 0 radical (unpaired) electrons. The highest BCUT2D eigenvalue weighted by Crippen LogP contribution is 2.16. The molecule has 3 rings (SSSR count). The van der Waals surface area contributed by atoms with E-state index < -0.39 is 6.16 Å². The first-order valence-corrected chi connectivity index (χ1v) is 10.8. The average molecular weight is 476 g/mol. The van der Waals surface area contributed by atoms with Gasteiger partial charge in [-0.05, 0) is 67.1 Å². The molecule has 0 aliphatic carbocycles. The number of hydrogen-bond donors (Lipinski definition) is 3. The van der Waals surface area contributed by atoms with E-state index in [0.29, 0.717) is 22.5 Å². The fourth-order valence-corrected chi connectivity index (χ4v) is 3.05. The van der Waals surface area contributed by atoms with Gasteiger partial charge in [0.2, 0.25) is 5.91 Å². The van der Waals surface area contributed by atoms with Crippen molar-refractivity contribution in [3.63, 3.8) is 0 Å². The SMILES string of the molecule is CCOC(=O)Oc1ccc(C(=O)NCc2ccc(NC(=O)c3cccc(NC(C)=O)c3)cc2)cc1. The third-order valence-electron chi connectivity index (χ3n) is 4.69. The molecule has 180 valence electrons. The summed E-state index contributed by atoms with van der Waals surface area (Å²) >= 11 is 0. The monoisotopic (exact) mass is 475 g/mol. The summed E-state index contributed by atoms with van der Waals surface area (Å²) in [6.45, 7) is 3.57. The number of nitrogens with one attached hydrogen (secondary N) is 3. The first-order valence-electron chi connectivity index (χ1n) is 10.8. The van der Waals surface area contributed by atoms with Gasteiger partial charge in [0.1, 0.15) is 5.75 Å². The molecule has 0 atom stereocenters. The van der Waals surface area contributed by atoms with Crippen LogP contribution in [-0.2, 0) is 16.1 Å². The molecule has 3 aromatic rings. The van der Waals surface area contributed by atoms with Crippen LogP contribution in [0.3, 0.4) is 0 Å². The molecule has 9 nitrogen and oxygen atoms in total. The lowest BCUT2D eigenvalue weighted by atomic mass is 10.1. The summed E-state index contributed by atoms with van der Waals surface area (Å²) in [6, 6.07) is 19.8. The Kier molecular flexibility index (Phi) is 8.55. The zero-order valence-electron chi connectivity index (χ0n) is 19.3. The molecule has 0 saturated heterocycles. The van der Waals surface area contributed by atoms with Crippen molar-refractivity contribution in [2.45, 2.75) is 20.4 Å². The van der Waals surface area contributed by atoms with E-state index in [2.05, 4.69) is 16.0 Å². The molecule has 3 amide bonds. The summed E-state index contributed by atoms with van der Waals surface area (Å²) in [4.78, 5) is 47.4. The average Bonchev–Trinajstić information content (AvgIpc) is 2.84. The first kappa shape index (κ1) is 25.0. The maximum atomic E-state index is 12.5. The summed E-state index contributed by atoms with van der Waals surface area (Å²) in [6.07, 6.45) is -0.803. The molecule has 0 bridgehead atoms. The van der Waals surface area contributed by atoms with Crippen LogP contribution in [0.1, 0.15) is 40.1 Å². The maximum absolute atomic E-state index is 12.5. The van der Waals surface area contributed by atoms with Crippen LogP contribution in [0.15, 0.2) is 72.8 Å². The van der Waals surface area contributed by atoms with Gasteiger partial charge in [-0.2, -0.15) is 0 Å². The van der Waals surface area contributed by atoms with Crippen LogP contribution in [0.25, 0.3) is 0 Å². The van der Waals surface area contributed by atoms with Crippen molar-refractivity contribution in [2.24, 2.45) is 0 Å². The van der Waals surface area contributed by atoms with Crippen LogP contribution in [-0.4, -0.2) is 30.5 Å². The Morgan fingerprint density at radius 2 is 1.49 bits per heavy atom. The third kappa shape index (κ3) is 7.71. The van der Waals surface area contributed by atoms with E-state index in [-0.39, 0.29) is 36.6 Å².